The minimum atomic E-state index is -0.373. The van der Waals surface area contributed by atoms with Gasteiger partial charge in [-0.3, -0.25) is 4.79 Å². The minimum Gasteiger partial charge on any atom is -0.352 e. The molecule has 1 aliphatic carbocycles. The van der Waals surface area contributed by atoms with Gasteiger partial charge in [-0.05, 0) is 31.7 Å². The van der Waals surface area contributed by atoms with Crippen LogP contribution in [0.2, 0.25) is 0 Å². The molecule has 7 heteroatoms. The van der Waals surface area contributed by atoms with Gasteiger partial charge in [0, 0.05) is 37.4 Å². The number of nitrogens with zero attached hydrogens (tertiary/aromatic N) is 5. The highest BCUT2D eigenvalue weighted by molar-refractivity contribution is 5.96. The van der Waals surface area contributed by atoms with Crippen molar-refractivity contribution >= 4 is 16.9 Å². The topological polar surface area (TPSA) is 84.5 Å². The van der Waals surface area contributed by atoms with Crippen LogP contribution in [0.5, 0.6) is 0 Å². The maximum absolute atomic E-state index is 12.4. The number of amides is 1. The number of rotatable bonds is 8. The van der Waals surface area contributed by atoms with Gasteiger partial charge in [0.1, 0.15) is 0 Å². The predicted octanol–water partition coefficient (Wildman–Crippen LogP) is 3.10. The second-order valence-electron chi connectivity index (χ2n) is 7.20. The largest absolute Gasteiger partial charge is 0.352 e. The van der Waals surface area contributed by atoms with Gasteiger partial charge in [0.05, 0.1) is 17.8 Å². The molecule has 0 spiro atoms. The van der Waals surface area contributed by atoms with Crippen molar-refractivity contribution in [1.82, 2.24) is 20.1 Å². The van der Waals surface area contributed by atoms with Crippen LogP contribution in [0.3, 0.4) is 0 Å². The molecule has 1 unspecified atom stereocenters. The lowest BCUT2D eigenvalue weighted by atomic mass is 10.0. The van der Waals surface area contributed by atoms with Gasteiger partial charge >= 0.3 is 0 Å². The normalized spacial score (nSPS) is 18.5. The first-order valence-corrected chi connectivity index (χ1v) is 9.11. The van der Waals surface area contributed by atoms with E-state index in [2.05, 4.69) is 38.5 Å². The van der Waals surface area contributed by atoms with Crippen LogP contribution in [0.25, 0.3) is 11.0 Å². The van der Waals surface area contributed by atoms with E-state index in [4.69, 9.17) is 6.42 Å². The smallest absolute Gasteiger partial charge is 0.252 e. The summed E-state index contributed by atoms with van der Waals surface area (Å²) in [6, 6.07) is 2.20. The zero-order chi connectivity index (χ0) is 18.1. The molecular weight excluding hydrogens is 328 g/mol. The molecule has 7 nitrogen and oxygen atoms in total. The van der Waals surface area contributed by atoms with Crippen LogP contribution < -0.4 is 5.32 Å². The molecule has 1 atom stereocenters. The maximum atomic E-state index is 12.4. The Hall–Kier alpha value is -2.75. The average Bonchev–Trinajstić information content (AvgIpc) is 3.57. The van der Waals surface area contributed by atoms with Gasteiger partial charge in [0.2, 0.25) is 0 Å². The maximum Gasteiger partial charge on any atom is 0.252 e. The summed E-state index contributed by atoms with van der Waals surface area (Å²) in [5.74, 6) is 3.16. The number of hydrogen-bond donors (Lipinski definition) is 1. The van der Waals surface area contributed by atoms with Crippen LogP contribution in [-0.4, -0.2) is 32.9 Å². The highest BCUT2D eigenvalue weighted by atomic mass is 16.1. The molecule has 1 fully saturated rings. The van der Waals surface area contributed by atoms with Crippen LogP contribution >= 0.6 is 0 Å². The van der Waals surface area contributed by atoms with Crippen LogP contribution in [0, 0.1) is 18.3 Å². The van der Waals surface area contributed by atoms with E-state index in [-0.39, 0.29) is 11.6 Å². The van der Waals surface area contributed by atoms with Gasteiger partial charge in [-0.25, -0.2) is 9.67 Å². The summed E-state index contributed by atoms with van der Waals surface area (Å²) >= 11 is 0. The van der Waals surface area contributed by atoms with Crippen LogP contribution in [-0.2, 0) is 0 Å². The van der Waals surface area contributed by atoms with E-state index >= 15 is 0 Å². The summed E-state index contributed by atoms with van der Waals surface area (Å²) in [6.45, 7) is 2.68. The Kier molecular flexibility index (Phi) is 4.19. The molecule has 0 bridgehead atoms. The number of fused-ring (bicyclic) bond motifs is 1. The minimum absolute atomic E-state index is 0.143. The highest BCUT2D eigenvalue weighted by Crippen LogP contribution is 2.40. The molecule has 26 heavy (non-hydrogen) atoms. The molecule has 4 rings (SSSR count). The SMILES string of the molecule is C#CCCC1(CCNC(=O)c2cnc3c(cnn3C(C)C3CC3)c2)N=N1. The van der Waals surface area contributed by atoms with Gasteiger partial charge in [0.25, 0.3) is 5.91 Å². The fourth-order valence-corrected chi connectivity index (χ4v) is 3.29. The summed E-state index contributed by atoms with van der Waals surface area (Å²) in [5.41, 5.74) is 1.00. The lowest BCUT2D eigenvalue weighted by molar-refractivity contribution is 0.0951. The molecule has 1 amide bonds. The van der Waals surface area contributed by atoms with Crippen LogP contribution in [0.15, 0.2) is 28.7 Å². The summed E-state index contributed by atoms with van der Waals surface area (Å²) in [4.78, 5) is 16.9. The molecule has 1 saturated carbocycles. The number of terminal acetylenes is 1. The molecule has 134 valence electrons. The third kappa shape index (κ3) is 3.32. The van der Waals surface area contributed by atoms with E-state index in [1.165, 1.54) is 12.8 Å². The Bertz CT molecular complexity index is 898. The van der Waals surface area contributed by atoms with Gasteiger partial charge in [-0.1, -0.05) is 0 Å². The quantitative estimate of drug-likeness (QED) is 0.742. The monoisotopic (exact) mass is 350 g/mol. The number of hydrogen-bond acceptors (Lipinski definition) is 5. The summed E-state index contributed by atoms with van der Waals surface area (Å²) < 4.78 is 1.97. The molecule has 2 aromatic rings. The van der Waals surface area contributed by atoms with Gasteiger partial charge in [0.15, 0.2) is 11.3 Å². The third-order valence-electron chi connectivity index (χ3n) is 5.25. The van der Waals surface area contributed by atoms with Crippen molar-refractivity contribution in [3.63, 3.8) is 0 Å². The molecular formula is C19H22N6O. The van der Waals surface area contributed by atoms with Gasteiger partial charge in [-0.2, -0.15) is 15.3 Å². The second kappa shape index (κ2) is 6.52. The number of pyridine rings is 1. The first-order chi connectivity index (χ1) is 12.6. The summed E-state index contributed by atoms with van der Waals surface area (Å²) in [7, 11) is 0. The first-order valence-electron chi connectivity index (χ1n) is 9.11. The predicted molar refractivity (Wildman–Crippen MR) is 97.6 cm³/mol. The van der Waals surface area contributed by atoms with E-state index in [1.807, 2.05) is 10.7 Å². The number of carbonyl (C=O) groups is 1. The van der Waals surface area contributed by atoms with Crippen LogP contribution in [0.4, 0.5) is 0 Å². The first kappa shape index (κ1) is 16.7. The van der Waals surface area contributed by atoms with E-state index < -0.39 is 0 Å². The second-order valence-corrected chi connectivity index (χ2v) is 7.20. The highest BCUT2D eigenvalue weighted by Gasteiger charge is 2.38. The Morgan fingerprint density at radius 3 is 2.92 bits per heavy atom. The lowest BCUT2D eigenvalue weighted by Gasteiger charge is -2.12. The fourth-order valence-electron chi connectivity index (χ4n) is 3.29. The van der Waals surface area contributed by atoms with Crippen molar-refractivity contribution in [2.75, 3.05) is 6.54 Å². The Morgan fingerprint density at radius 2 is 2.23 bits per heavy atom. The third-order valence-corrected chi connectivity index (χ3v) is 5.25. The molecule has 2 aliphatic rings. The zero-order valence-corrected chi connectivity index (χ0v) is 14.9. The van der Waals surface area contributed by atoms with Crippen molar-refractivity contribution in [3.05, 3.63) is 24.0 Å². The molecule has 1 N–H and O–H groups in total. The lowest BCUT2D eigenvalue weighted by Crippen LogP contribution is -2.28. The van der Waals surface area contributed by atoms with Crippen molar-refractivity contribution in [2.45, 2.75) is 50.7 Å². The van der Waals surface area contributed by atoms with Gasteiger partial charge < -0.3 is 5.32 Å². The van der Waals surface area contributed by atoms with Crippen molar-refractivity contribution < 1.29 is 4.79 Å². The Balaban J connectivity index is 1.37. The van der Waals surface area contributed by atoms with Crippen molar-refractivity contribution in [1.29, 1.82) is 0 Å². The Labute approximate surface area is 152 Å². The molecule has 0 radical (unpaired) electrons. The van der Waals surface area contributed by atoms with E-state index in [9.17, 15) is 4.79 Å². The Morgan fingerprint density at radius 1 is 1.42 bits per heavy atom. The van der Waals surface area contributed by atoms with Gasteiger partial charge in [-0.15, -0.1) is 12.3 Å². The number of aromatic nitrogens is 3. The molecule has 1 aliphatic heterocycles. The van der Waals surface area contributed by atoms with E-state index in [0.717, 1.165) is 17.5 Å². The molecule has 0 saturated heterocycles. The summed E-state index contributed by atoms with van der Waals surface area (Å²) in [6.07, 6.45) is 13.3. The standard InChI is InChI=1S/C19H22N6O/c1-3-4-7-19(23-24-19)8-9-20-18(26)16-10-15-12-22-25(17(15)21-11-16)13(2)14-5-6-14/h1,10-14H,4-9H2,2H3,(H,20,26). The molecule has 3 heterocycles. The van der Waals surface area contributed by atoms with E-state index in [1.54, 1.807) is 12.4 Å². The average molecular weight is 350 g/mol. The molecule has 0 aromatic carbocycles. The summed E-state index contributed by atoms with van der Waals surface area (Å²) in [5, 5.41) is 16.4. The number of carbonyl (C=O) groups excluding carboxylic acids is 1. The van der Waals surface area contributed by atoms with E-state index in [0.29, 0.717) is 36.9 Å². The number of nitrogens with one attached hydrogen (secondary N) is 1. The van der Waals surface area contributed by atoms with Crippen LogP contribution in [0.1, 0.15) is 55.4 Å². The fraction of sp³-hybridized carbons (Fsp3) is 0.526. The van der Waals surface area contributed by atoms with Crippen molar-refractivity contribution in [2.24, 2.45) is 16.1 Å². The van der Waals surface area contributed by atoms with Crippen molar-refractivity contribution in [3.8, 4) is 12.3 Å². The molecule has 2 aromatic heterocycles. The zero-order valence-electron chi connectivity index (χ0n) is 14.9.